The molecule has 0 aliphatic rings. The van der Waals surface area contributed by atoms with Crippen LogP contribution in [-0.2, 0) is 0 Å². The Morgan fingerprint density at radius 2 is 1.85 bits per heavy atom. The Hall–Kier alpha value is -2.75. The third-order valence-corrected chi connectivity index (χ3v) is 3.16. The van der Waals surface area contributed by atoms with E-state index in [0.29, 0.717) is 16.5 Å². The summed E-state index contributed by atoms with van der Waals surface area (Å²) in [4.78, 5) is 12.4. The topological polar surface area (TPSA) is 59.7 Å². The number of aromatic hydroxyl groups is 1. The normalized spacial score (nSPS) is 10.7. The third kappa shape index (κ3) is 2.01. The molecule has 0 saturated carbocycles. The van der Waals surface area contributed by atoms with Gasteiger partial charge in [0.25, 0.3) is 0 Å². The number of phenols is 1. The van der Waals surface area contributed by atoms with Gasteiger partial charge < -0.3 is 14.3 Å². The molecule has 0 bridgehead atoms. The van der Waals surface area contributed by atoms with Crippen LogP contribution in [0.1, 0.15) is 0 Å². The molecular weight excluding hydrogens is 258 g/mol. The van der Waals surface area contributed by atoms with Crippen LogP contribution in [0.25, 0.3) is 22.1 Å². The van der Waals surface area contributed by atoms with Crippen molar-refractivity contribution in [1.82, 2.24) is 0 Å². The van der Waals surface area contributed by atoms with Crippen molar-refractivity contribution in [3.05, 3.63) is 59.0 Å². The van der Waals surface area contributed by atoms with Crippen LogP contribution in [0.2, 0.25) is 0 Å². The van der Waals surface area contributed by atoms with E-state index in [-0.39, 0.29) is 11.2 Å². The number of ether oxygens (including phenoxy) is 1. The van der Waals surface area contributed by atoms with Crippen molar-refractivity contribution in [2.75, 3.05) is 7.11 Å². The van der Waals surface area contributed by atoms with Crippen LogP contribution in [0, 0.1) is 0 Å². The summed E-state index contributed by atoms with van der Waals surface area (Å²) >= 11 is 0. The fourth-order valence-electron chi connectivity index (χ4n) is 2.09. The molecule has 1 heterocycles. The quantitative estimate of drug-likeness (QED) is 0.777. The molecule has 0 atom stereocenters. The lowest BCUT2D eigenvalue weighted by Crippen LogP contribution is -2.04. The molecule has 0 unspecified atom stereocenters. The van der Waals surface area contributed by atoms with Gasteiger partial charge in [-0.1, -0.05) is 12.1 Å². The highest BCUT2D eigenvalue weighted by Crippen LogP contribution is 2.23. The first-order valence-electron chi connectivity index (χ1n) is 6.08. The first kappa shape index (κ1) is 12.3. The zero-order chi connectivity index (χ0) is 14.1. The predicted molar refractivity (Wildman–Crippen MR) is 76.1 cm³/mol. The van der Waals surface area contributed by atoms with Crippen LogP contribution in [0.15, 0.2) is 57.9 Å². The van der Waals surface area contributed by atoms with Gasteiger partial charge in [-0.15, -0.1) is 0 Å². The van der Waals surface area contributed by atoms with E-state index in [1.807, 2.05) is 0 Å². The average molecular weight is 270 g/mol. The van der Waals surface area contributed by atoms with Gasteiger partial charge in [0.15, 0.2) is 5.43 Å². The Balaban J connectivity index is 2.18. The van der Waals surface area contributed by atoms with Gasteiger partial charge in [0.2, 0.25) is 0 Å². The summed E-state index contributed by atoms with van der Waals surface area (Å²) in [5.74, 6) is 0.793. The van der Waals surface area contributed by atoms with Crippen molar-refractivity contribution in [2.24, 2.45) is 0 Å². The fourth-order valence-corrected chi connectivity index (χ4v) is 2.09. The fraction of sp³-hybridized carbons (Fsp3) is 0.0625. The Bertz CT molecular complexity index is 816. The first-order chi connectivity index (χ1) is 9.69. The van der Waals surface area contributed by atoms with E-state index in [4.69, 9.17) is 9.15 Å². The average Bonchev–Trinajstić information content (AvgIpc) is 2.48. The zero-order valence-electron chi connectivity index (χ0n) is 10.8. The van der Waals surface area contributed by atoms with Crippen molar-refractivity contribution < 1.29 is 14.3 Å². The number of benzene rings is 2. The summed E-state index contributed by atoms with van der Waals surface area (Å²) in [6.45, 7) is 0. The molecule has 3 rings (SSSR count). The third-order valence-electron chi connectivity index (χ3n) is 3.16. The molecule has 4 heteroatoms. The lowest BCUT2D eigenvalue weighted by atomic mass is 10.1. The van der Waals surface area contributed by atoms with Crippen LogP contribution in [0.3, 0.4) is 0 Å². The molecular formula is C16H12O4. The van der Waals surface area contributed by atoms with E-state index in [1.165, 1.54) is 18.4 Å². The molecule has 0 radical (unpaired) electrons. The second-order valence-electron chi connectivity index (χ2n) is 4.39. The maximum Gasteiger partial charge on any atom is 0.200 e. The van der Waals surface area contributed by atoms with Crippen molar-refractivity contribution in [3.8, 4) is 22.6 Å². The lowest BCUT2D eigenvalue weighted by molar-refractivity contribution is 0.415. The van der Waals surface area contributed by atoms with Crippen molar-refractivity contribution in [3.63, 3.8) is 0 Å². The van der Waals surface area contributed by atoms with E-state index in [1.54, 1.807) is 37.4 Å². The van der Waals surface area contributed by atoms with E-state index >= 15 is 0 Å². The van der Waals surface area contributed by atoms with Gasteiger partial charge >= 0.3 is 0 Å². The Morgan fingerprint density at radius 3 is 2.55 bits per heavy atom. The van der Waals surface area contributed by atoms with Gasteiger partial charge in [0.1, 0.15) is 23.3 Å². The number of hydrogen-bond donors (Lipinski definition) is 1. The summed E-state index contributed by atoms with van der Waals surface area (Å²) in [6, 6.07) is 11.6. The molecule has 3 aromatic rings. The molecule has 1 aromatic heterocycles. The summed E-state index contributed by atoms with van der Waals surface area (Å²) in [5.41, 5.74) is 1.48. The molecule has 4 nitrogen and oxygen atoms in total. The highest BCUT2D eigenvalue weighted by molar-refractivity contribution is 5.82. The Morgan fingerprint density at radius 1 is 1.10 bits per heavy atom. The molecule has 0 aliphatic carbocycles. The zero-order valence-corrected chi connectivity index (χ0v) is 10.8. The molecule has 2 aromatic carbocycles. The van der Waals surface area contributed by atoms with Gasteiger partial charge in [-0.05, 0) is 29.8 Å². The van der Waals surface area contributed by atoms with Gasteiger partial charge in [0.05, 0.1) is 18.1 Å². The minimum absolute atomic E-state index is 0.0675. The van der Waals surface area contributed by atoms with Crippen LogP contribution >= 0.6 is 0 Å². The van der Waals surface area contributed by atoms with E-state index in [2.05, 4.69) is 0 Å². The molecule has 0 fully saturated rings. The number of methoxy groups -OCH3 is 1. The number of phenolic OH excluding ortho intramolecular Hbond substituents is 1. The summed E-state index contributed by atoms with van der Waals surface area (Å²) < 4.78 is 10.5. The van der Waals surface area contributed by atoms with Crippen LogP contribution in [0.5, 0.6) is 11.5 Å². The minimum Gasteiger partial charge on any atom is -0.508 e. The SMILES string of the molecule is [14CH3]Oc1ccc(-c2coc3cc(O)ccc3c2=O)cc1. The maximum absolute atomic E-state index is 12.4. The van der Waals surface area contributed by atoms with Gasteiger partial charge in [-0.25, -0.2) is 0 Å². The molecule has 0 amide bonds. The van der Waals surface area contributed by atoms with Gasteiger partial charge in [-0.3, -0.25) is 4.79 Å². The second-order valence-corrected chi connectivity index (χ2v) is 4.39. The molecule has 1 N–H and O–H groups in total. The van der Waals surface area contributed by atoms with Crippen LogP contribution in [0.4, 0.5) is 0 Å². The van der Waals surface area contributed by atoms with E-state index < -0.39 is 0 Å². The predicted octanol–water partition coefficient (Wildman–Crippen LogP) is 3.17. The highest BCUT2D eigenvalue weighted by atomic mass is 16.6. The number of fused-ring (bicyclic) bond motifs is 1. The molecule has 0 aliphatic heterocycles. The van der Waals surface area contributed by atoms with Crippen LogP contribution in [-0.4, -0.2) is 12.2 Å². The monoisotopic (exact) mass is 270 g/mol. The van der Waals surface area contributed by atoms with Crippen molar-refractivity contribution >= 4 is 11.0 Å². The molecule has 20 heavy (non-hydrogen) atoms. The first-order valence-corrected chi connectivity index (χ1v) is 6.08. The standard InChI is InChI=1S/C16H12O4/c1-19-12-5-2-10(3-6-12)14-9-20-15-8-11(17)4-7-13(15)16(14)18/h2-9,17H,1H3/i1+2. The summed E-state index contributed by atoms with van der Waals surface area (Å²) in [5, 5.41) is 9.83. The largest absolute Gasteiger partial charge is 0.508 e. The van der Waals surface area contributed by atoms with Crippen molar-refractivity contribution in [2.45, 2.75) is 0 Å². The molecule has 0 spiro atoms. The second kappa shape index (κ2) is 4.74. The molecule has 100 valence electrons. The van der Waals surface area contributed by atoms with E-state index in [9.17, 15) is 9.90 Å². The van der Waals surface area contributed by atoms with Crippen LogP contribution < -0.4 is 10.2 Å². The minimum atomic E-state index is -0.128. The summed E-state index contributed by atoms with van der Waals surface area (Å²) in [6.07, 6.45) is 1.41. The lowest BCUT2D eigenvalue weighted by Gasteiger charge is -2.04. The maximum atomic E-state index is 12.4. The smallest absolute Gasteiger partial charge is 0.200 e. The van der Waals surface area contributed by atoms with Gasteiger partial charge in [0, 0.05) is 6.07 Å². The Kier molecular flexibility index (Phi) is 2.91. The van der Waals surface area contributed by atoms with Crippen molar-refractivity contribution in [1.29, 1.82) is 0 Å². The summed E-state index contributed by atoms with van der Waals surface area (Å²) in [7, 11) is 1.59. The Labute approximate surface area is 114 Å². The highest BCUT2D eigenvalue weighted by Gasteiger charge is 2.09. The van der Waals surface area contributed by atoms with E-state index in [0.717, 1.165) is 11.3 Å². The number of hydrogen-bond acceptors (Lipinski definition) is 4. The van der Waals surface area contributed by atoms with Gasteiger partial charge in [-0.2, -0.15) is 0 Å². The number of rotatable bonds is 2. The molecule has 0 saturated heterocycles.